The summed E-state index contributed by atoms with van der Waals surface area (Å²) in [4.78, 5) is 3.88. The lowest BCUT2D eigenvalue weighted by atomic mass is 9.85. The fraction of sp³-hybridized carbons (Fsp3) is 0.750. The topological polar surface area (TPSA) is 38.1 Å². The second-order valence-corrected chi connectivity index (χ2v) is 4.75. The molecule has 1 N–H and O–H groups in total. The van der Waals surface area contributed by atoms with Crippen LogP contribution < -0.4 is 5.32 Å². The molecule has 0 fully saturated rings. The molecule has 0 saturated heterocycles. The molecule has 0 atom stereocenters. The van der Waals surface area contributed by atoms with E-state index in [1.54, 1.807) is 6.20 Å². The fourth-order valence-corrected chi connectivity index (χ4v) is 1.93. The van der Waals surface area contributed by atoms with E-state index in [0.717, 1.165) is 18.8 Å². The Labute approximate surface area is 92.3 Å². The van der Waals surface area contributed by atoms with Crippen LogP contribution in [0.4, 0.5) is 0 Å². The van der Waals surface area contributed by atoms with Crippen LogP contribution in [-0.4, -0.2) is 11.5 Å². The highest BCUT2D eigenvalue weighted by molar-refractivity contribution is 4.87. The van der Waals surface area contributed by atoms with Crippen molar-refractivity contribution in [2.45, 2.75) is 34.2 Å². The van der Waals surface area contributed by atoms with Crippen molar-refractivity contribution in [2.75, 3.05) is 6.54 Å². The minimum atomic E-state index is 0.715. The molecule has 1 heterocycles. The molecule has 0 unspecified atom stereocenters. The Kier molecular flexibility index (Phi) is 4.82. The van der Waals surface area contributed by atoms with Gasteiger partial charge in [0, 0.05) is 0 Å². The van der Waals surface area contributed by atoms with Gasteiger partial charge in [-0.2, -0.15) is 0 Å². The zero-order chi connectivity index (χ0) is 11.3. The van der Waals surface area contributed by atoms with Crippen molar-refractivity contribution in [1.82, 2.24) is 10.3 Å². The SMILES string of the molecule is CC(C)C(CNCc1cnco1)C(C)C. The van der Waals surface area contributed by atoms with E-state index in [9.17, 15) is 0 Å². The Morgan fingerprint density at radius 1 is 1.27 bits per heavy atom. The number of hydrogen-bond donors (Lipinski definition) is 1. The summed E-state index contributed by atoms with van der Waals surface area (Å²) in [5.41, 5.74) is 0. The van der Waals surface area contributed by atoms with Crippen molar-refractivity contribution in [1.29, 1.82) is 0 Å². The quantitative estimate of drug-likeness (QED) is 0.784. The summed E-state index contributed by atoms with van der Waals surface area (Å²) in [6, 6.07) is 0. The molecule has 1 aromatic heterocycles. The van der Waals surface area contributed by atoms with E-state index < -0.39 is 0 Å². The Hall–Kier alpha value is -0.830. The van der Waals surface area contributed by atoms with Crippen LogP contribution in [0.1, 0.15) is 33.5 Å². The number of oxazole rings is 1. The van der Waals surface area contributed by atoms with Gasteiger partial charge in [-0.15, -0.1) is 0 Å². The third-order valence-electron chi connectivity index (χ3n) is 2.88. The van der Waals surface area contributed by atoms with Crippen LogP contribution in [-0.2, 0) is 6.54 Å². The highest BCUT2D eigenvalue weighted by Gasteiger charge is 2.16. The maximum atomic E-state index is 5.16. The van der Waals surface area contributed by atoms with E-state index in [0.29, 0.717) is 17.8 Å². The average Bonchev–Trinajstić information content (AvgIpc) is 2.63. The van der Waals surface area contributed by atoms with Gasteiger partial charge in [0.2, 0.25) is 0 Å². The predicted molar refractivity (Wildman–Crippen MR) is 61.4 cm³/mol. The van der Waals surface area contributed by atoms with E-state index in [1.165, 1.54) is 6.39 Å². The van der Waals surface area contributed by atoms with Gasteiger partial charge in [-0.3, -0.25) is 0 Å². The zero-order valence-electron chi connectivity index (χ0n) is 10.2. The molecule has 0 radical (unpaired) electrons. The summed E-state index contributed by atoms with van der Waals surface area (Å²) in [6.07, 6.45) is 3.23. The van der Waals surface area contributed by atoms with Crippen molar-refractivity contribution < 1.29 is 4.42 Å². The Bertz CT molecular complexity index is 247. The molecule has 0 bridgehead atoms. The highest BCUT2D eigenvalue weighted by atomic mass is 16.3. The van der Waals surface area contributed by atoms with Gasteiger partial charge < -0.3 is 9.73 Å². The summed E-state index contributed by atoms with van der Waals surface area (Å²) < 4.78 is 5.16. The van der Waals surface area contributed by atoms with E-state index >= 15 is 0 Å². The lowest BCUT2D eigenvalue weighted by molar-refractivity contribution is 0.272. The summed E-state index contributed by atoms with van der Waals surface area (Å²) in [5.74, 6) is 3.05. The van der Waals surface area contributed by atoms with Crippen molar-refractivity contribution in [2.24, 2.45) is 17.8 Å². The first kappa shape index (κ1) is 12.2. The number of nitrogens with one attached hydrogen (secondary N) is 1. The molecule has 1 aromatic rings. The smallest absolute Gasteiger partial charge is 0.180 e. The molecule has 15 heavy (non-hydrogen) atoms. The molecule has 0 amide bonds. The van der Waals surface area contributed by atoms with Crippen LogP contribution in [0.2, 0.25) is 0 Å². The largest absolute Gasteiger partial charge is 0.447 e. The van der Waals surface area contributed by atoms with Gasteiger partial charge in [0.15, 0.2) is 6.39 Å². The van der Waals surface area contributed by atoms with Crippen LogP contribution >= 0.6 is 0 Å². The van der Waals surface area contributed by atoms with Gasteiger partial charge in [0.05, 0.1) is 12.7 Å². The molecule has 0 aliphatic rings. The van der Waals surface area contributed by atoms with Crippen molar-refractivity contribution in [3.05, 3.63) is 18.4 Å². The molecule has 3 heteroatoms. The third kappa shape index (κ3) is 4.04. The number of hydrogen-bond acceptors (Lipinski definition) is 3. The van der Waals surface area contributed by atoms with Crippen LogP contribution in [0.5, 0.6) is 0 Å². The van der Waals surface area contributed by atoms with Crippen LogP contribution in [0.25, 0.3) is 0 Å². The lowest BCUT2D eigenvalue weighted by Gasteiger charge is -2.24. The Morgan fingerprint density at radius 3 is 2.40 bits per heavy atom. The monoisotopic (exact) mass is 210 g/mol. The Balaban J connectivity index is 2.28. The molecule has 0 spiro atoms. The highest BCUT2D eigenvalue weighted by Crippen LogP contribution is 2.19. The minimum absolute atomic E-state index is 0.715. The first-order valence-corrected chi connectivity index (χ1v) is 5.69. The molecular weight excluding hydrogens is 188 g/mol. The summed E-state index contributed by atoms with van der Waals surface area (Å²) in [7, 11) is 0. The van der Waals surface area contributed by atoms with Gasteiger partial charge in [-0.1, -0.05) is 27.7 Å². The minimum Gasteiger partial charge on any atom is -0.447 e. The molecule has 1 rings (SSSR count). The number of nitrogens with zero attached hydrogens (tertiary/aromatic N) is 1. The van der Waals surface area contributed by atoms with Crippen molar-refractivity contribution in [3.8, 4) is 0 Å². The maximum absolute atomic E-state index is 5.16. The van der Waals surface area contributed by atoms with Gasteiger partial charge in [-0.05, 0) is 24.3 Å². The first-order valence-electron chi connectivity index (χ1n) is 5.69. The van der Waals surface area contributed by atoms with Gasteiger partial charge in [-0.25, -0.2) is 4.98 Å². The molecule has 0 aliphatic heterocycles. The number of aromatic nitrogens is 1. The summed E-state index contributed by atoms with van der Waals surface area (Å²) >= 11 is 0. The van der Waals surface area contributed by atoms with E-state index in [-0.39, 0.29) is 0 Å². The van der Waals surface area contributed by atoms with Crippen LogP contribution in [0, 0.1) is 17.8 Å². The molecule has 3 nitrogen and oxygen atoms in total. The normalized spacial score (nSPS) is 11.9. The summed E-state index contributed by atoms with van der Waals surface area (Å²) in [5, 5.41) is 3.42. The van der Waals surface area contributed by atoms with Gasteiger partial charge in [0.25, 0.3) is 0 Å². The summed E-state index contributed by atoms with van der Waals surface area (Å²) in [6.45, 7) is 10.9. The fourth-order valence-electron chi connectivity index (χ4n) is 1.93. The Morgan fingerprint density at radius 2 is 1.93 bits per heavy atom. The molecule has 86 valence electrons. The molecule has 0 aliphatic carbocycles. The molecular formula is C12H22N2O. The third-order valence-corrected chi connectivity index (χ3v) is 2.88. The van der Waals surface area contributed by atoms with Gasteiger partial charge >= 0.3 is 0 Å². The maximum Gasteiger partial charge on any atom is 0.180 e. The van der Waals surface area contributed by atoms with Crippen molar-refractivity contribution in [3.63, 3.8) is 0 Å². The predicted octanol–water partition coefficient (Wildman–Crippen LogP) is 2.69. The lowest BCUT2D eigenvalue weighted by Crippen LogP contribution is -2.29. The first-order chi connectivity index (χ1) is 7.11. The molecule has 0 saturated carbocycles. The van der Waals surface area contributed by atoms with E-state index in [2.05, 4.69) is 38.0 Å². The van der Waals surface area contributed by atoms with Crippen LogP contribution in [0.3, 0.4) is 0 Å². The van der Waals surface area contributed by atoms with Crippen LogP contribution in [0.15, 0.2) is 17.0 Å². The van der Waals surface area contributed by atoms with E-state index in [4.69, 9.17) is 4.42 Å². The zero-order valence-corrected chi connectivity index (χ0v) is 10.2. The average molecular weight is 210 g/mol. The second kappa shape index (κ2) is 5.91. The molecule has 0 aromatic carbocycles. The number of rotatable bonds is 6. The standard InChI is InChI=1S/C12H22N2O/c1-9(2)12(10(3)4)7-13-5-11-6-14-8-15-11/h6,8-10,12-13H,5,7H2,1-4H3. The van der Waals surface area contributed by atoms with E-state index in [1.807, 2.05) is 0 Å². The second-order valence-electron chi connectivity index (χ2n) is 4.75. The van der Waals surface area contributed by atoms with Crippen molar-refractivity contribution >= 4 is 0 Å². The van der Waals surface area contributed by atoms with Gasteiger partial charge in [0.1, 0.15) is 5.76 Å².